The first kappa shape index (κ1) is 18.2. The second-order valence-corrected chi connectivity index (χ2v) is 7.18. The molecule has 2 aromatic rings. The highest BCUT2D eigenvalue weighted by molar-refractivity contribution is 5.75. The molecule has 0 N–H and O–H groups in total. The molecule has 1 aliphatic carbocycles. The Bertz CT molecular complexity index is 796. The first-order valence-electron chi connectivity index (χ1n) is 9.46. The number of hydrogen-bond donors (Lipinski definition) is 0. The van der Waals surface area contributed by atoms with Crippen LogP contribution in [0.1, 0.15) is 54.4 Å². The van der Waals surface area contributed by atoms with Gasteiger partial charge in [-0.1, -0.05) is 43.5 Å². The lowest BCUT2D eigenvalue weighted by molar-refractivity contribution is -0.140. The molecule has 3 rings (SSSR count). The summed E-state index contributed by atoms with van der Waals surface area (Å²) in [5, 5.41) is 8.89. The number of benzene rings is 2. The molecule has 0 aliphatic heterocycles. The van der Waals surface area contributed by atoms with Crippen LogP contribution in [0.2, 0.25) is 0 Å². The highest BCUT2D eigenvalue weighted by Gasteiger charge is 2.23. The molecule has 134 valence electrons. The van der Waals surface area contributed by atoms with E-state index < -0.39 is 0 Å². The molecule has 3 nitrogen and oxygen atoms in total. The van der Waals surface area contributed by atoms with Crippen LogP contribution in [0, 0.1) is 24.2 Å². The predicted octanol–water partition coefficient (Wildman–Crippen LogP) is 5.14. The molecule has 0 atom stereocenters. The highest BCUT2D eigenvalue weighted by Crippen LogP contribution is 2.28. The maximum absolute atomic E-state index is 12.5. The van der Waals surface area contributed by atoms with Gasteiger partial charge in [-0.3, -0.25) is 4.79 Å². The Kier molecular flexibility index (Phi) is 6.07. The van der Waals surface area contributed by atoms with E-state index >= 15 is 0 Å². The van der Waals surface area contributed by atoms with E-state index in [0.717, 1.165) is 49.7 Å². The molecule has 3 heteroatoms. The SMILES string of the molecule is Cc1ccc(CCc2ccc(C#N)cc2)c(OC(=O)C2CCCCC2)c1. The summed E-state index contributed by atoms with van der Waals surface area (Å²) in [6.07, 6.45) is 7.03. The van der Waals surface area contributed by atoms with Crippen LogP contribution in [-0.2, 0) is 17.6 Å². The van der Waals surface area contributed by atoms with E-state index in [4.69, 9.17) is 10.00 Å². The van der Waals surface area contributed by atoms with E-state index in [2.05, 4.69) is 18.2 Å². The molecule has 1 fully saturated rings. The number of rotatable bonds is 5. The van der Waals surface area contributed by atoms with Crippen molar-refractivity contribution in [2.45, 2.75) is 51.9 Å². The lowest BCUT2D eigenvalue weighted by atomic mass is 9.89. The first-order valence-corrected chi connectivity index (χ1v) is 9.46. The summed E-state index contributed by atoms with van der Waals surface area (Å²) in [5.41, 5.74) is 4.00. The monoisotopic (exact) mass is 347 g/mol. The summed E-state index contributed by atoms with van der Waals surface area (Å²) >= 11 is 0. The predicted molar refractivity (Wildman–Crippen MR) is 102 cm³/mol. The van der Waals surface area contributed by atoms with Gasteiger partial charge in [-0.2, -0.15) is 5.26 Å². The smallest absolute Gasteiger partial charge is 0.314 e. The van der Waals surface area contributed by atoms with Crippen molar-refractivity contribution >= 4 is 5.97 Å². The molecule has 0 heterocycles. The second-order valence-electron chi connectivity index (χ2n) is 7.18. The molecule has 0 radical (unpaired) electrons. The summed E-state index contributed by atoms with van der Waals surface area (Å²) in [6.45, 7) is 2.02. The standard InChI is InChI=1S/C23H25NO2/c1-17-7-13-20(14-12-18-8-10-19(16-24)11-9-18)22(15-17)26-23(25)21-5-3-2-4-6-21/h7-11,13,15,21H,2-6,12,14H2,1H3. The third-order valence-corrected chi connectivity index (χ3v) is 5.14. The van der Waals surface area contributed by atoms with Crippen LogP contribution in [0.15, 0.2) is 42.5 Å². The van der Waals surface area contributed by atoms with Gasteiger partial charge in [0, 0.05) is 0 Å². The Morgan fingerprint density at radius 2 is 1.81 bits per heavy atom. The summed E-state index contributed by atoms with van der Waals surface area (Å²) in [7, 11) is 0. The molecule has 0 aromatic heterocycles. The van der Waals surface area contributed by atoms with Crippen molar-refractivity contribution < 1.29 is 9.53 Å². The normalized spacial score (nSPS) is 14.6. The maximum Gasteiger partial charge on any atom is 0.314 e. The van der Waals surface area contributed by atoms with E-state index in [1.807, 2.05) is 37.3 Å². The highest BCUT2D eigenvalue weighted by atomic mass is 16.5. The zero-order valence-electron chi connectivity index (χ0n) is 15.3. The number of carbonyl (C=O) groups is 1. The van der Waals surface area contributed by atoms with E-state index in [1.54, 1.807) is 0 Å². The van der Waals surface area contributed by atoms with Gasteiger partial charge in [-0.15, -0.1) is 0 Å². The van der Waals surface area contributed by atoms with Crippen LogP contribution in [0.5, 0.6) is 5.75 Å². The first-order chi connectivity index (χ1) is 12.7. The fraction of sp³-hybridized carbons (Fsp3) is 0.391. The Hall–Kier alpha value is -2.60. The molecule has 0 amide bonds. The van der Waals surface area contributed by atoms with E-state index in [1.165, 1.54) is 12.0 Å². The van der Waals surface area contributed by atoms with Crippen molar-refractivity contribution in [3.8, 4) is 11.8 Å². The summed E-state index contributed by atoms with van der Waals surface area (Å²) in [4.78, 5) is 12.5. The van der Waals surface area contributed by atoms with Crippen LogP contribution in [0.3, 0.4) is 0 Å². The van der Waals surface area contributed by atoms with Gasteiger partial charge in [0.1, 0.15) is 5.75 Å². The molecule has 0 saturated heterocycles. The minimum Gasteiger partial charge on any atom is -0.426 e. The quantitative estimate of drug-likeness (QED) is 0.556. The molecule has 1 saturated carbocycles. The van der Waals surface area contributed by atoms with Crippen LogP contribution in [-0.4, -0.2) is 5.97 Å². The third kappa shape index (κ3) is 4.73. The molecular weight excluding hydrogens is 322 g/mol. The van der Waals surface area contributed by atoms with Gasteiger partial charge in [0.15, 0.2) is 0 Å². The summed E-state index contributed by atoms with van der Waals surface area (Å²) in [5.74, 6) is 0.680. The number of esters is 1. The number of nitrogens with zero attached hydrogens (tertiary/aromatic N) is 1. The number of nitriles is 1. The number of aryl methyl sites for hydroxylation is 3. The molecule has 0 bridgehead atoms. The van der Waals surface area contributed by atoms with Crippen molar-refractivity contribution in [2.24, 2.45) is 5.92 Å². The Labute approximate surface area is 155 Å². The van der Waals surface area contributed by atoms with Gasteiger partial charge < -0.3 is 4.74 Å². The largest absolute Gasteiger partial charge is 0.426 e. The van der Waals surface area contributed by atoms with Crippen molar-refractivity contribution in [1.29, 1.82) is 5.26 Å². The van der Waals surface area contributed by atoms with Crippen molar-refractivity contribution in [1.82, 2.24) is 0 Å². The average Bonchev–Trinajstić information content (AvgIpc) is 2.68. The van der Waals surface area contributed by atoms with Crippen LogP contribution < -0.4 is 4.74 Å². The van der Waals surface area contributed by atoms with Crippen LogP contribution in [0.4, 0.5) is 0 Å². The minimum atomic E-state index is -0.0741. The zero-order chi connectivity index (χ0) is 18.4. The van der Waals surface area contributed by atoms with Crippen molar-refractivity contribution in [2.75, 3.05) is 0 Å². The van der Waals surface area contributed by atoms with Gasteiger partial charge in [0.25, 0.3) is 0 Å². The third-order valence-electron chi connectivity index (χ3n) is 5.14. The van der Waals surface area contributed by atoms with E-state index in [9.17, 15) is 4.79 Å². The summed E-state index contributed by atoms with van der Waals surface area (Å²) in [6, 6.07) is 15.9. The molecule has 0 spiro atoms. The molecule has 0 unspecified atom stereocenters. The fourth-order valence-corrected chi connectivity index (χ4v) is 3.52. The topological polar surface area (TPSA) is 50.1 Å². The number of ether oxygens (including phenoxy) is 1. The maximum atomic E-state index is 12.5. The summed E-state index contributed by atoms with van der Waals surface area (Å²) < 4.78 is 5.81. The van der Waals surface area contributed by atoms with E-state index in [0.29, 0.717) is 11.3 Å². The van der Waals surface area contributed by atoms with Gasteiger partial charge in [0.05, 0.1) is 17.6 Å². The Balaban J connectivity index is 1.68. The number of hydrogen-bond acceptors (Lipinski definition) is 3. The van der Waals surface area contributed by atoms with Gasteiger partial charge in [-0.25, -0.2) is 0 Å². The Morgan fingerprint density at radius 3 is 2.50 bits per heavy atom. The fourth-order valence-electron chi connectivity index (χ4n) is 3.52. The molecule has 26 heavy (non-hydrogen) atoms. The van der Waals surface area contributed by atoms with Gasteiger partial charge in [0.2, 0.25) is 0 Å². The van der Waals surface area contributed by atoms with Crippen LogP contribution in [0.25, 0.3) is 0 Å². The lowest BCUT2D eigenvalue weighted by Crippen LogP contribution is -2.23. The van der Waals surface area contributed by atoms with Gasteiger partial charge in [-0.05, 0) is 67.5 Å². The second kappa shape index (κ2) is 8.67. The van der Waals surface area contributed by atoms with Crippen molar-refractivity contribution in [3.63, 3.8) is 0 Å². The van der Waals surface area contributed by atoms with Crippen molar-refractivity contribution in [3.05, 3.63) is 64.7 Å². The minimum absolute atomic E-state index is 0.0515. The van der Waals surface area contributed by atoms with Crippen LogP contribution >= 0.6 is 0 Å². The van der Waals surface area contributed by atoms with Gasteiger partial charge >= 0.3 is 5.97 Å². The Morgan fingerprint density at radius 1 is 1.08 bits per heavy atom. The van der Waals surface area contributed by atoms with E-state index in [-0.39, 0.29) is 11.9 Å². The molecule has 2 aromatic carbocycles. The lowest BCUT2D eigenvalue weighted by Gasteiger charge is -2.20. The zero-order valence-corrected chi connectivity index (χ0v) is 15.3. The molecule has 1 aliphatic rings. The molecular formula is C23H25NO2. The number of carbonyl (C=O) groups excluding carboxylic acids is 1. The average molecular weight is 347 g/mol.